The van der Waals surface area contributed by atoms with Crippen molar-refractivity contribution >= 4 is 5.97 Å². The highest BCUT2D eigenvalue weighted by Gasteiger charge is 2.24. The molecule has 0 saturated carbocycles. The van der Waals surface area contributed by atoms with Gasteiger partial charge in [-0.1, -0.05) is 30.3 Å². The second-order valence-corrected chi connectivity index (χ2v) is 5.52. The van der Waals surface area contributed by atoms with Gasteiger partial charge in [0, 0.05) is 24.7 Å². The van der Waals surface area contributed by atoms with Gasteiger partial charge in [-0.05, 0) is 18.1 Å². The van der Waals surface area contributed by atoms with Crippen LogP contribution in [0.5, 0.6) is 11.5 Å². The summed E-state index contributed by atoms with van der Waals surface area (Å²) in [6.45, 7) is 1.83. The Hall–Kier alpha value is -2.53. The lowest BCUT2D eigenvalue weighted by atomic mass is 10.0. The quantitative estimate of drug-likeness (QED) is 0.920. The number of hydrogen-bond donors (Lipinski definition) is 1. The Bertz CT molecular complexity index is 700. The highest BCUT2D eigenvalue weighted by molar-refractivity contribution is 5.91. The normalized spacial score (nSPS) is 14.0. The number of rotatable bonds is 5. The van der Waals surface area contributed by atoms with Gasteiger partial charge >= 0.3 is 5.97 Å². The molecule has 1 N–H and O–H groups in total. The third-order valence-corrected chi connectivity index (χ3v) is 3.99. The van der Waals surface area contributed by atoms with Crippen LogP contribution in [-0.4, -0.2) is 36.4 Å². The average Bonchev–Trinajstić information content (AvgIpc) is 2.59. The smallest absolute Gasteiger partial charge is 0.336 e. The van der Waals surface area contributed by atoms with Crippen molar-refractivity contribution in [2.24, 2.45) is 0 Å². The number of carboxylic acid groups (broad SMARTS) is 1. The molecule has 3 rings (SSSR count). The third kappa shape index (κ3) is 3.46. The molecule has 1 aliphatic heterocycles. The molecule has 5 heteroatoms. The molecular weight excluding hydrogens is 294 g/mol. The standard InChI is InChI=1S/C18H19NO4/c1-22-14-9-15(18(20)21)16-11-19(12-23-17(16)10-14)8-7-13-5-3-2-4-6-13/h2-6,9-10H,7-8,11-12H2,1H3,(H,20,21). The van der Waals surface area contributed by atoms with Crippen LogP contribution in [0.25, 0.3) is 0 Å². The predicted molar refractivity (Wildman–Crippen MR) is 86.0 cm³/mol. The summed E-state index contributed by atoms with van der Waals surface area (Å²) in [4.78, 5) is 13.6. The van der Waals surface area contributed by atoms with Crippen molar-refractivity contribution in [3.05, 3.63) is 59.2 Å². The van der Waals surface area contributed by atoms with E-state index in [1.807, 2.05) is 18.2 Å². The van der Waals surface area contributed by atoms with Gasteiger partial charge in [-0.15, -0.1) is 0 Å². The van der Waals surface area contributed by atoms with E-state index in [4.69, 9.17) is 9.47 Å². The Balaban J connectivity index is 1.76. The molecule has 0 aromatic heterocycles. The molecule has 2 aromatic carbocycles. The fourth-order valence-corrected chi connectivity index (χ4v) is 2.73. The maximum absolute atomic E-state index is 11.5. The van der Waals surface area contributed by atoms with Crippen molar-refractivity contribution in [3.63, 3.8) is 0 Å². The second-order valence-electron chi connectivity index (χ2n) is 5.52. The van der Waals surface area contributed by atoms with Gasteiger partial charge in [0.25, 0.3) is 0 Å². The van der Waals surface area contributed by atoms with Crippen LogP contribution in [0.3, 0.4) is 0 Å². The number of nitrogens with zero attached hydrogens (tertiary/aromatic N) is 1. The minimum absolute atomic E-state index is 0.240. The van der Waals surface area contributed by atoms with Crippen LogP contribution in [0, 0.1) is 0 Å². The molecule has 23 heavy (non-hydrogen) atoms. The summed E-state index contributed by atoms with van der Waals surface area (Å²) >= 11 is 0. The van der Waals surface area contributed by atoms with Crippen molar-refractivity contribution in [2.75, 3.05) is 20.4 Å². The molecule has 0 saturated heterocycles. The first kappa shape index (κ1) is 15.4. The van der Waals surface area contributed by atoms with Gasteiger partial charge in [0.1, 0.15) is 18.2 Å². The summed E-state index contributed by atoms with van der Waals surface area (Å²) < 4.78 is 10.9. The average molecular weight is 313 g/mol. The lowest BCUT2D eigenvalue weighted by Gasteiger charge is -2.30. The Morgan fingerprint density at radius 1 is 1.30 bits per heavy atom. The first-order chi connectivity index (χ1) is 11.2. The minimum atomic E-state index is -0.964. The van der Waals surface area contributed by atoms with Crippen molar-refractivity contribution in [2.45, 2.75) is 13.0 Å². The summed E-state index contributed by atoms with van der Waals surface area (Å²) in [6.07, 6.45) is 0.901. The molecule has 0 atom stereocenters. The van der Waals surface area contributed by atoms with Gasteiger partial charge in [-0.3, -0.25) is 4.90 Å². The van der Waals surface area contributed by atoms with E-state index in [9.17, 15) is 9.90 Å². The number of benzene rings is 2. The van der Waals surface area contributed by atoms with Crippen LogP contribution in [0.2, 0.25) is 0 Å². The first-order valence-corrected chi connectivity index (χ1v) is 7.50. The Labute approximate surface area is 135 Å². The summed E-state index contributed by atoms with van der Waals surface area (Å²) in [5.41, 5.74) is 2.20. The van der Waals surface area contributed by atoms with E-state index >= 15 is 0 Å². The molecule has 0 fully saturated rings. The molecule has 120 valence electrons. The molecule has 0 radical (unpaired) electrons. The zero-order valence-electron chi connectivity index (χ0n) is 13.0. The van der Waals surface area contributed by atoms with E-state index in [0.29, 0.717) is 30.3 Å². The van der Waals surface area contributed by atoms with E-state index in [2.05, 4.69) is 17.0 Å². The molecule has 1 heterocycles. The van der Waals surface area contributed by atoms with E-state index in [-0.39, 0.29) is 5.56 Å². The van der Waals surface area contributed by atoms with Crippen molar-refractivity contribution in [3.8, 4) is 11.5 Å². The van der Waals surface area contributed by atoms with Crippen LogP contribution in [0.4, 0.5) is 0 Å². The molecule has 0 bridgehead atoms. The van der Waals surface area contributed by atoms with Gasteiger partial charge in [0.15, 0.2) is 0 Å². The van der Waals surface area contributed by atoms with Gasteiger partial charge < -0.3 is 14.6 Å². The zero-order chi connectivity index (χ0) is 16.2. The Kier molecular flexibility index (Phi) is 4.48. The van der Waals surface area contributed by atoms with Crippen LogP contribution in [0.1, 0.15) is 21.5 Å². The van der Waals surface area contributed by atoms with Crippen LogP contribution >= 0.6 is 0 Å². The van der Waals surface area contributed by atoms with Gasteiger partial charge in [0.05, 0.1) is 12.7 Å². The fraction of sp³-hybridized carbons (Fsp3) is 0.278. The number of methoxy groups -OCH3 is 1. The number of aromatic carboxylic acids is 1. The topological polar surface area (TPSA) is 59.0 Å². The molecule has 0 unspecified atom stereocenters. The maximum atomic E-state index is 11.5. The molecule has 2 aromatic rings. The van der Waals surface area contributed by atoms with E-state index in [1.165, 1.54) is 12.7 Å². The number of carboxylic acids is 1. The van der Waals surface area contributed by atoms with Crippen LogP contribution in [0.15, 0.2) is 42.5 Å². The molecule has 0 amide bonds. The van der Waals surface area contributed by atoms with E-state index in [0.717, 1.165) is 13.0 Å². The third-order valence-electron chi connectivity index (χ3n) is 3.99. The predicted octanol–water partition coefficient (Wildman–Crippen LogP) is 2.79. The highest BCUT2D eigenvalue weighted by Crippen LogP contribution is 2.33. The summed E-state index contributed by atoms with van der Waals surface area (Å²) in [5.74, 6) is 0.130. The SMILES string of the molecule is COc1cc2c(c(C(=O)O)c1)CN(CCc1ccccc1)CO2. The first-order valence-electron chi connectivity index (χ1n) is 7.50. The number of fused-ring (bicyclic) bond motifs is 1. The molecular formula is C18H19NO4. The summed E-state index contributed by atoms with van der Waals surface area (Å²) in [5, 5.41) is 9.43. The van der Waals surface area contributed by atoms with Gasteiger partial charge in [0.2, 0.25) is 0 Å². The zero-order valence-corrected chi connectivity index (χ0v) is 13.0. The number of ether oxygens (including phenoxy) is 2. The number of hydrogen-bond acceptors (Lipinski definition) is 4. The molecule has 0 aliphatic carbocycles. The van der Waals surface area contributed by atoms with Crippen LogP contribution < -0.4 is 9.47 Å². The number of carbonyl (C=O) groups is 1. The van der Waals surface area contributed by atoms with E-state index < -0.39 is 5.97 Å². The van der Waals surface area contributed by atoms with Crippen molar-refractivity contribution in [1.82, 2.24) is 4.90 Å². The lowest BCUT2D eigenvalue weighted by Crippen LogP contribution is -2.34. The second kappa shape index (κ2) is 6.71. The largest absolute Gasteiger partial charge is 0.497 e. The summed E-state index contributed by atoms with van der Waals surface area (Å²) in [6, 6.07) is 13.5. The summed E-state index contributed by atoms with van der Waals surface area (Å²) in [7, 11) is 1.52. The van der Waals surface area contributed by atoms with E-state index in [1.54, 1.807) is 12.1 Å². The fourth-order valence-electron chi connectivity index (χ4n) is 2.73. The van der Waals surface area contributed by atoms with Gasteiger partial charge in [-0.25, -0.2) is 4.79 Å². The monoisotopic (exact) mass is 313 g/mol. The van der Waals surface area contributed by atoms with Crippen molar-refractivity contribution in [1.29, 1.82) is 0 Å². The maximum Gasteiger partial charge on any atom is 0.336 e. The Morgan fingerprint density at radius 2 is 2.09 bits per heavy atom. The van der Waals surface area contributed by atoms with Gasteiger partial charge in [-0.2, -0.15) is 0 Å². The molecule has 1 aliphatic rings. The van der Waals surface area contributed by atoms with Crippen molar-refractivity contribution < 1.29 is 19.4 Å². The minimum Gasteiger partial charge on any atom is -0.497 e. The molecule has 0 spiro atoms. The Morgan fingerprint density at radius 3 is 2.78 bits per heavy atom. The van der Waals surface area contributed by atoms with Crippen LogP contribution in [-0.2, 0) is 13.0 Å². The molecule has 5 nitrogen and oxygen atoms in total. The lowest BCUT2D eigenvalue weighted by molar-refractivity contribution is 0.0676. The highest BCUT2D eigenvalue weighted by atomic mass is 16.5.